The van der Waals surface area contributed by atoms with Gasteiger partial charge in [-0.05, 0) is 63.8 Å². The van der Waals surface area contributed by atoms with Crippen LogP contribution in [0.5, 0.6) is 5.75 Å². The Morgan fingerprint density at radius 1 is 1.18 bits per heavy atom. The fourth-order valence-electron chi connectivity index (χ4n) is 5.56. The van der Waals surface area contributed by atoms with E-state index in [1.54, 1.807) is 64.2 Å². The number of carbonyl (C=O) groups is 4. The molecular formula is C33H43ClN4O7. The van der Waals surface area contributed by atoms with Crippen molar-refractivity contribution in [2.45, 2.75) is 90.6 Å². The Bertz CT molecular complexity index is 1480. The van der Waals surface area contributed by atoms with Crippen LogP contribution in [-0.2, 0) is 23.9 Å². The van der Waals surface area contributed by atoms with Crippen molar-refractivity contribution in [1.82, 2.24) is 20.5 Å². The van der Waals surface area contributed by atoms with Crippen molar-refractivity contribution in [1.29, 1.82) is 0 Å². The first kappa shape index (κ1) is 34.0. The number of alkyl carbamates (subject to hydrolysis) is 1. The number of nitrogens with zero attached hydrogens (tertiary/aromatic N) is 2. The Morgan fingerprint density at radius 3 is 2.49 bits per heavy atom. The number of likely N-dealkylation sites (tertiary alicyclic amines) is 1. The molecule has 0 bridgehead atoms. The molecule has 0 radical (unpaired) electrons. The molecule has 1 aromatic heterocycles. The van der Waals surface area contributed by atoms with Crippen LogP contribution in [0.25, 0.3) is 10.9 Å². The second kappa shape index (κ2) is 12.9. The van der Waals surface area contributed by atoms with E-state index in [-0.39, 0.29) is 25.5 Å². The number of hydrogen-bond donors (Lipinski definition) is 2. The predicted molar refractivity (Wildman–Crippen MR) is 170 cm³/mol. The highest BCUT2D eigenvalue weighted by molar-refractivity contribution is 6.31. The van der Waals surface area contributed by atoms with Crippen LogP contribution in [-0.4, -0.2) is 76.2 Å². The Kier molecular flexibility index (Phi) is 9.73. The van der Waals surface area contributed by atoms with E-state index in [9.17, 15) is 19.2 Å². The minimum Gasteiger partial charge on any atom is -0.488 e. The lowest BCUT2D eigenvalue weighted by molar-refractivity contribution is -0.150. The second-order valence-corrected chi connectivity index (χ2v) is 14.1. The van der Waals surface area contributed by atoms with Gasteiger partial charge in [-0.15, -0.1) is 6.58 Å². The Balaban J connectivity index is 1.65. The topological polar surface area (TPSA) is 136 Å². The van der Waals surface area contributed by atoms with E-state index in [0.29, 0.717) is 22.7 Å². The van der Waals surface area contributed by atoms with Crippen molar-refractivity contribution in [3.63, 3.8) is 0 Å². The lowest BCUT2D eigenvalue weighted by Gasteiger charge is -2.36. The van der Waals surface area contributed by atoms with E-state index in [0.717, 1.165) is 5.39 Å². The molecule has 3 amide bonds. The fraction of sp³-hybridized carbons (Fsp3) is 0.545. The number of ether oxygens (including phenoxy) is 3. The number of carbonyl (C=O) groups excluding carboxylic acids is 4. The van der Waals surface area contributed by atoms with Gasteiger partial charge in [-0.2, -0.15) is 0 Å². The molecule has 45 heavy (non-hydrogen) atoms. The molecule has 1 saturated carbocycles. The molecule has 2 aliphatic rings. The van der Waals surface area contributed by atoms with Crippen molar-refractivity contribution in [3.05, 3.63) is 48.1 Å². The minimum atomic E-state index is -1.25. The lowest BCUT2D eigenvalue weighted by Crippen LogP contribution is -2.59. The SMILES string of the molecule is C=CC1CC1(NC(=O)C1CC(Oc2ccnc3cc(Cl)ccc23)CN1C(=O)C(NC(=O)OC(C)(C)C)C(C)(C)C)C(=O)OCC. The summed E-state index contributed by atoms with van der Waals surface area (Å²) in [6, 6.07) is 4.93. The zero-order chi connectivity index (χ0) is 33.3. The molecule has 4 rings (SSSR count). The van der Waals surface area contributed by atoms with Crippen LogP contribution in [0, 0.1) is 11.3 Å². The number of pyridine rings is 1. The van der Waals surface area contributed by atoms with Crippen molar-refractivity contribution >= 4 is 46.4 Å². The summed E-state index contributed by atoms with van der Waals surface area (Å²) >= 11 is 6.16. The van der Waals surface area contributed by atoms with Gasteiger partial charge in [0.25, 0.3) is 0 Å². The van der Waals surface area contributed by atoms with Crippen LogP contribution < -0.4 is 15.4 Å². The van der Waals surface area contributed by atoms with E-state index in [4.69, 9.17) is 25.8 Å². The van der Waals surface area contributed by atoms with Crippen LogP contribution in [0.4, 0.5) is 4.79 Å². The maximum atomic E-state index is 14.3. The molecule has 1 aliphatic carbocycles. The summed E-state index contributed by atoms with van der Waals surface area (Å²) in [5.74, 6) is -1.33. The van der Waals surface area contributed by atoms with Gasteiger partial charge in [0.15, 0.2) is 0 Å². The van der Waals surface area contributed by atoms with Gasteiger partial charge in [0.1, 0.15) is 35.1 Å². The predicted octanol–water partition coefficient (Wildman–Crippen LogP) is 4.80. The third-order valence-electron chi connectivity index (χ3n) is 7.87. The molecule has 1 saturated heterocycles. The van der Waals surface area contributed by atoms with Gasteiger partial charge < -0.3 is 29.7 Å². The van der Waals surface area contributed by atoms with Crippen molar-refractivity contribution < 1.29 is 33.4 Å². The molecule has 1 aliphatic heterocycles. The zero-order valence-corrected chi connectivity index (χ0v) is 27.7. The molecule has 5 unspecified atom stereocenters. The van der Waals surface area contributed by atoms with Gasteiger partial charge in [-0.3, -0.25) is 14.6 Å². The van der Waals surface area contributed by atoms with Crippen molar-refractivity contribution in [2.24, 2.45) is 11.3 Å². The van der Waals surface area contributed by atoms with Gasteiger partial charge in [0.05, 0.1) is 18.7 Å². The summed E-state index contributed by atoms with van der Waals surface area (Å²) in [5, 5.41) is 6.85. The molecule has 244 valence electrons. The molecule has 5 atom stereocenters. The highest BCUT2D eigenvalue weighted by atomic mass is 35.5. The normalized spacial score (nSPS) is 23.6. The molecule has 12 heteroatoms. The molecule has 2 fully saturated rings. The quantitative estimate of drug-likeness (QED) is 0.294. The fourth-order valence-corrected chi connectivity index (χ4v) is 5.72. The molecule has 2 N–H and O–H groups in total. The van der Waals surface area contributed by atoms with Crippen LogP contribution in [0.15, 0.2) is 43.1 Å². The van der Waals surface area contributed by atoms with Crippen molar-refractivity contribution in [2.75, 3.05) is 13.2 Å². The van der Waals surface area contributed by atoms with Crippen LogP contribution in [0.1, 0.15) is 61.3 Å². The Morgan fingerprint density at radius 2 is 1.89 bits per heavy atom. The lowest BCUT2D eigenvalue weighted by atomic mass is 9.85. The first-order chi connectivity index (χ1) is 21.0. The molecule has 2 aromatic rings. The van der Waals surface area contributed by atoms with Gasteiger partial charge in [0.2, 0.25) is 11.8 Å². The highest BCUT2D eigenvalue weighted by Crippen LogP contribution is 2.46. The number of aromatic nitrogens is 1. The summed E-state index contributed by atoms with van der Waals surface area (Å²) in [7, 11) is 0. The third kappa shape index (κ3) is 7.69. The highest BCUT2D eigenvalue weighted by Gasteiger charge is 2.62. The monoisotopic (exact) mass is 642 g/mol. The Hall–Kier alpha value is -3.86. The zero-order valence-electron chi connectivity index (χ0n) is 26.9. The summed E-state index contributed by atoms with van der Waals surface area (Å²) in [6.45, 7) is 16.3. The average molecular weight is 643 g/mol. The number of fused-ring (bicyclic) bond motifs is 1. The first-order valence-corrected chi connectivity index (χ1v) is 15.5. The van der Waals surface area contributed by atoms with Gasteiger partial charge >= 0.3 is 12.1 Å². The number of nitrogens with one attached hydrogen (secondary N) is 2. The van der Waals surface area contributed by atoms with Gasteiger partial charge in [-0.25, -0.2) is 9.59 Å². The van der Waals surface area contributed by atoms with Crippen LogP contribution >= 0.6 is 11.6 Å². The number of amides is 3. The van der Waals surface area contributed by atoms with E-state index >= 15 is 0 Å². The largest absolute Gasteiger partial charge is 0.488 e. The smallest absolute Gasteiger partial charge is 0.408 e. The number of hydrogen-bond acceptors (Lipinski definition) is 8. The summed E-state index contributed by atoms with van der Waals surface area (Å²) in [6.07, 6.45) is 2.35. The maximum Gasteiger partial charge on any atom is 0.408 e. The first-order valence-electron chi connectivity index (χ1n) is 15.1. The summed E-state index contributed by atoms with van der Waals surface area (Å²) in [5.41, 5.74) is -2.14. The third-order valence-corrected chi connectivity index (χ3v) is 8.10. The molecule has 11 nitrogen and oxygen atoms in total. The van der Waals surface area contributed by atoms with E-state index in [1.807, 2.05) is 20.8 Å². The summed E-state index contributed by atoms with van der Waals surface area (Å²) < 4.78 is 17.1. The average Bonchev–Trinajstić information content (AvgIpc) is 3.49. The van der Waals surface area contributed by atoms with Gasteiger partial charge in [-0.1, -0.05) is 38.4 Å². The standard InChI is InChI=1S/C33H43ClN4O7/c1-9-19-17-33(19,29(41)43-10-2)37-27(39)24-16-21(44-25-13-14-35-23-15-20(34)11-12-22(23)25)18-38(24)28(40)26(31(3,4)5)36-30(42)45-32(6,7)8/h9,11-15,19,21,24,26H,1,10,16-18H2,2-8H3,(H,36,42)(H,37,39). The summed E-state index contributed by atoms with van der Waals surface area (Å²) in [4.78, 5) is 59.8. The van der Waals surface area contributed by atoms with Gasteiger partial charge in [0, 0.05) is 28.9 Å². The maximum absolute atomic E-state index is 14.3. The van der Waals surface area contributed by atoms with E-state index in [1.165, 1.54) is 4.90 Å². The van der Waals surface area contributed by atoms with Crippen molar-refractivity contribution in [3.8, 4) is 5.75 Å². The van der Waals surface area contributed by atoms with Crippen LogP contribution in [0.2, 0.25) is 5.02 Å². The molecule has 0 spiro atoms. The van der Waals surface area contributed by atoms with E-state index in [2.05, 4.69) is 22.2 Å². The number of esters is 1. The molecule has 1 aromatic carbocycles. The number of benzene rings is 1. The molecule has 2 heterocycles. The minimum absolute atomic E-state index is 0.0498. The number of halogens is 1. The Labute approximate surface area is 269 Å². The van der Waals surface area contributed by atoms with E-state index < -0.39 is 58.6 Å². The molecular weight excluding hydrogens is 600 g/mol. The van der Waals surface area contributed by atoms with Crippen LogP contribution in [0.3, 0.4) is 0 Å². The second-order valence-electron chi connectivity index (χ2n) is 13.6. The number of rotatable bonds is 9.